The van der Waals surface area contributed by atoms with Crippen LogP contribution in [-0.4, -0.2) is 0 Å². The molecule has 0 spiro atoms. The largest absolute Gasteiger partial charge is 0.0758 e. The van der Waals surface area contributed by atoms with Gasteiger partial charge in [-0.15, -0.1) is 0 Å². The number of hydrogen-bond acceptors (Lipinski definition) is 0. The Morgan fingerprint density at radius 3 is 1.57 bits per heavy atom. The summed E-state index contributed by atoms with van der Waals surface area (Å²) in [6, 6.07) is 33.1. The van der Waals surface area contributed by atoms with Crippen molar-refractivity contribution < 1.29 is 0 Å². The summed E-state index contributed by atoms with van der Waals surface area (Å²) in [5.74, 6) is 0.325. The van der Waals surface area contributed by atoms with Crippen LogP contribution < -0.4 is 0 Å². The monoisotopic (exact) mass is 364 g/mol. The molecule has 3 aromatic rings. The van der Waals surface area contributed by atoms with E-state index in [1.807, 2.05) is 0 Å². The molecule has 0 heterocycles. The molecule has 4 rings (SSSR count). The summed E-state index contributed by atoms with van der Waals surface area (Å²) >= 11 is 0. The molecule has 0 bridgehead atoms. The molecule has 0 aliphatic heterocycles. The molecule has 3 aromatic carbocycles. The minimum Gasteiger partial charge on any atom is -0.0758 e. The van der Waals surface area contributed by atoms with Crippen LogP contribution in [0.25, 0.3) is 0 Å². The zero-order chi connectivity index (χ0) is 19.2. The third kappa shape index (κ3) is 3.24. The second kappa shape index (κ2) is 8.44. The van der Waals surface area contributed by atoms with E-state index >= 15 is 0 Å². The van der Waals surface area contributed by atoms with Crippen molar-refractivity contribution in [2.75, 3.05) is 0 Å². The molecule has 0 saturated carbocycles. The van der Waals surface area contributed by atoms with E-state index in [0.29, 0.717) is 5.92 Å². The van der Waals surface area contributed by atoms with Crippen LogP contribution in [0.2, 0.25) is 0 Å². The maximum absolute atomic E-state index is 2.41. The standard InChI is InChI=1S/C28H28/c1-2-3-14-23-15-13-22-27(23)28(24-16-7-4-8-17-24,25-18-9-5-10-19-25)26-20-11-6-12-21-26/h4-13,15-22,27H,2-3,14H2,1H3. The van der Waals surface area contributed by atoms with Gasteiger partial charge in [0.05, 0.1) is 5.41 Å². The van der Waals surface area contributed by atoms with Gasteiger partial charge in [-0.05, 0) is 29.5 Å². The van der Waals surface area contributed by atoms with Crippen molar-refractivity contribution in [1.82, 2.24) is 0 Å². The predicted octanol–water partition coefficient (Wildman–Crippen LogP) is 7.32. The number of rotatable bonds is 7. The molecule has 0 saturated heterocycles. The van der Waals surface area contributed by atoms with Gasteiger partial charge in [-0.25, -0.2) is 0 Å². The van der Waals surface area contributed by atoms with Gasteiger partial charge >= 0.3 is 0 Å². The van der Waals surface area contributed by atoms with Crippen LogP contribution >= 0.6 is 0 Å². The molecule has 0 N–H and O–H groups in total. The summed E-state index contributed by atoms with van der Waals surface area (Å²) in [4.78, 5) is 0. The van der Waals surface area contributed by atoms with Gasteiger partial charge in [0.15, 0.2) is 0 Å². The summed E-state index contributed by atoms with van der Waals surface area (Å²) in [7, 11) is 0. The first-order valence-corrected chi connectivity index (χ1v) is 10.4. The number of benzene rings is 3. The van der Waals surface area contributed by atoms with Gasteiger partial charge in [0.25, 0.3) is 0 Å². The summed E-state index contributed by atoms with van der Waals surface area (Å²) in [5.41, 5.74) is 5.37. The highest BCUT2D eigenvalue weighted by molar-refractivity contribution is 5.56. The Kier molecular flexibility index (Phi) is 5.58. The van der Waals surface area contributed by atoms with Crippen molar-refractivity contribution in [2.45, 2.75) is 31.6 Å². The first-order valence-electron chi connectivity index (χ1n) is 10.4. The van der Waals surface area contributed by atoms with Gasteiger partial charge in [-0.1, -0.05) is 128 Å². The average molecular weight is 365 g/mol. The van der Waals surface area contributed by atoms with Crippen molar-refractivity contribution in [1.29, 1.82) is 0 Å². The normalized spacial score (nSPS) is 16.2. The maximum Gasteiger partial charge on any atom is 0.0551 e. The van der Waals surface area contributed by atoms with E-state index in [9.17, 15) is 0 Å². The van der Waals surface area contributed by atoms with Gasteiger partial charge in [0, 0.05) is 5.92 Å². The fraction of sp³-hybridized carbons (Fsp3) is 0.214. The van der Waals surface area contributed by atoms with E-state index < -0.39 is 0 Å². The molecule has 140 valence electrons. The Bertz CT molecular complexity index is 836. The lowest BCUT2D eigenvalue weighted by molar-refractivity contribution is 0.490. The molecule has 1 aliphatic rings. The Morgan fingerprint density at radius 1 is 0.679 bits per heavy atom. The molecule has 1 atom stereocenters. The van der Waals surface area contributed by atoms with Gasteiger partial charge in [0.2, 0.25) is 0 Å². The van der Waals surface area contributed by atoms with Crippen LogP contribution in [0.4, 0.5) is 0 Å². The molecule has 1 unspecified atom stereocenters. The molecule has 0 nitrogen and oxygen atoms in total. The fourth-order valence-corrected chi connectivity index (χ4v) is 4.70. The Balaban J connectivity index is 2.00. The predicted molar refractivity (Wildman–Crippen MR) is 119 cm³/mol. The van der Waals surface area contributed by atoms with Crippen LogP contribution in [0.1, 0.15) is 42.9 Å². The Morgan fingerprint density at radius 2 is 1.14 bits per heavy atom. The molecule has 0 amide bonds. The highest BCUT2D eigenvalue weighted by Gasteiger charge is 2.44. The summed E-state index contributed by atoms with van der Waals surface area (Å²) in [6.07, 6.45) is 10.6. The smallest absolute Gasteiger partial charge is 0.0551 e. The van der Waals surface area contributed by atoms with Crippen LogP contribution in [0.5, 0.6) is 0 Å². The highest BCUT2D eigenvalue weighted by Crippen LogP contribution is 2.50. The second-order valence-corrected chi connectivity index (χ2v) is 7.61. The third-order valence-electron chi connectivity index (χ3n) is 5.99. The SMILES string of the molecule is CCCCC1=CC=CC1C(c1ccccc1)(c1ccccc1)c1ccccc1. The molecule has 28 heavy (non-hydrogen) atoms. The van der Waals surface area contributed by atoms with E-state index in [2.05, 4.69) is 116 Å². The quantitative estimate of drug-likeness (QED) is 0.385. The molecular weight excluding hydrogens is 336 g/mol. The van der Waals surface area contributed by atoms with Gasteiger partial charge in [-0.2, -0.15) is 0 Å². The van der Waals surface area contributed by atoms with E-state index in [1.54, 1.807) is 5.57 Å². The average Bonchev–Trinajstić information content (AvgIpc) is 3.24. The van der Waals surface area contributed by atoms with E-state index in [1.165, 1.54) is 29.5 Å². The highest BCUT2D eigenvalue weighted by atomic mass is 14.5. The van der Waals surface area contributed by atoms with Gasteiger partial charge < -0.3 is 0 Å². The van der Waals surface area contributed by atoms with Crippen molar-refractivity contribution in [3.63, 3.8) is 0 Å². The van der Waals surface area contributed by atoms with E-state index in [0.717, 1.165) is 6.42 Å². The van der Waals surface area contributed by atoms with Crippen LogP contribution in [0, 0.1) is 5.92 Å². The van der Waals surface area contributed by atoms with E-state index in [4.69, 9.17) is 0 Å². The first kappa shape index (κ1) is 18.5. The Hall–Kier alpha value is -2.86. The number of unbranched alkanes of at least 4 members (excludes halogenated alkanes) is 1. The molecule has 0 heteroatoms. The summed E-state index contributed by atoms with van der Waals surface area (Å²) in [5, 5.41) is 0. The molecule has 1 aliphatic carbocycles. The number of allylic oxidation sites excluding steroid dienone is 4. The van der Waals surface area contributed by atoms with Crippen molar-refractivity contribution in [3.05, 3.63) is 131 Å². The van der Waals surface area contributed by atoms with Crippen LogP contribution in [0.15, 0.2) is 115 Å². The zero-order valence-corrected chi connectivity index (χ0v) is 16.6. The van der Waals surface area contributed by atoms with E-state index in [-0.39, 0.29) is 5.41 Å². The lowest BCUT2D eigenvalue weighted by Crippen LogP contribution is -2.37. The van der Waals surface area contributed by atoms with Crippen molar-refractivity contribution in [2.24, 2.45) is 5.92 Å². The van der Waals surface area contributed by atoms with Crippen molar-refractivity contribution >= 4 is 0 Å². The van der Waals surface area contributed by atoms with Gasteiger partial charge in [-0.3, -0.25) is 0 Å². The molecule has 0 radical (unpaired) electrons. The van der Waals surface area contributed by atoms with Crippen molar-refractivity contribution in [3.8, 4) is 0 Å². The fourth-order valence-electron chi connectivity index (χ4n) is 4.70. The maximum atomic E-state index is 2.41. The third-order valence-corrected chi connectivity index (χ3v) is 5.99. The topological polar surface area (TPSA) is 0 Å². The van der Waals surface area contributed by atoms with Gasteiger partial charge in [0.1, 0.15) is 0 Å². The minimum atomic E-state index is -0.226. The Labute approximate surface area is 169 Å². The van der Waals surface area contributed by atoms with Crippen LogP contribution in [-0.2, 0) is 5.41 Å². The lowest BCUT2D eigenvalue weighted by atomic mass is 9.60. The summed E-state index contributed by atoms with van der Waals surface area (Å²) in [6.45, 7) is 2.27. The summed E-state index contributed by atoms with van der Waals surface area (Å²) < 4.78 is 0. The zero-order valence-electron chi connectivity index (χ0n) is 16.6. The first-order chi connectivity index (χ1) is 13.9. The molecule has 0 fully saturated rings. The second-order valence-electron chi connectivity index (χ2n) is 7.61. The molecular formula is C28H28. The van der Waals surface area contributed by atoms with Crippen LogP contribution in [0.3, 0.4) is 0 Å². The lowest BCUT2D eigenvalue weighted by Gasteiger charge is -2.42. The molecule has 0 aromatic heterocycles. The number of hydrogen-bond donors (Lipinski definition) is 0. The minimum absolute atomic E-state index is 0.226.